The van der Waals surface area contributed by atoms with Crippen LogP contribution in [0.25, 0.3) is 0 Å². The number of aromatic nitrogens is 1. The summed E-state index contributed by atoms with van der Waals surface area (Å²) in [6.45, 7) is 4.77. The van der Waals surface area contributed by atoms with Crippen molar-refractivity contribution in [1.29, 1.82) is 0 Å². The average Bonchev–Trinajstić information content (AvgIpc) is 2.53. The van der Waals surface area contributed by atoms with Gasteiger partial charge in [-0.3, -0.25) is 0 Å². The molecule has 1 aliphatic heterocycles. The van der Waals surface area contributed by atoms with Crippen molar-refractivity contribution in [2.45, 2.75) is 57.9 Å². The van der Waals surface area contributed by atoms with Crippen LogP contribution in [0.2, 0.25) is 0 Å². The van der Waals surface area contributed by atoms with Crippen LogP contribution < -0.4 is 0 Å². The molecule has 0 bridgehead atoms. The summed E-state index contributed by atoms with van der Waals surface area (Å²) < 4.78 is 0. The van der Waals surface area contributed by atoms with Gasteiger partial charge in [-0.05, 0) is 73.2 Å². The van der Waals surface area contributed by atoms with Gasteiger partial charge in [0.25, 0.3) is 0 Å². The van der Waals surface area contributed by atoms with E-state index in [0.717, 1.165) is 18.4 Å². The Balaban J connectivity index is 1.77. The van der Waals surface area contributed by atoms with E-state index in [2.05, 4.69) is 16.8 Å². The largest absolute Gasteiger partial charge is 0.363 e. The number of pyridine rings is 1. The second-order valence-corrected chi connectivity index (χ2v) is 5.83. The highest BCUT2D eigenvalue weighted by atomic mass is 16.6. The first-order chi connectivity index (χ1) is 10.2. The lowest BCUT2D eigenvalue weighted by Crippen LogP contribution is -2.38. The van der Waals surface area contributed by atoms with Gasteiger partial charge >= 0.3 is 5.82 Å². The Morgan fingerprint density at radius 2 is 2.10 bits per heavy atom. The molecule has 21 heavy (non-hydrogen) atoms. The van der Waals surface area contributed by atoms with Crippen LogP contribution in [0, 0.1) is 10.1 Å². The predicted molar refractivity (Wildman–Crippen MR) is 83.3 cm³/mol. The quantitative estimate of drug-likeness (QED) is 0.569. The third kappa shape index (κ3) is 4.77. The fourth-order valence-electron chi connectivity index (χ4n) is 3.14. The van der Waals surface area contributed by atoms with Crippen LogP contribution in [0.4, 0.5) is 5.82 Å². The van der Waals surface area contributed by atoms with Crippen molar-refractivity contribution >= 4 is 5.82 Å². The molecule has 1 aromatic rings. The molecular formula is C16H25N3O2. The molecule has 1 aliphatic rings. The van der Waals surface area contributed by atoms with Crippen LogP contribution >= 0.6 is 0 Å². The van der Waals surface area contributed by atoms with Gasteiger partial charge in [0.15, 0.2) is 0 Å². The molecular weight excluding hydrogens is 266 g/mol. The van der Waals surface area contributed by atoms with Crippen molar-refractivity contribution in [3.05, 3.63) is 34.0 Å². The molecule has 0 amide bonds. The molecule has 1 fully saturated rings. The van der Waals surface area contributed by atoms with Crippen LogP contribution in [0.3, 0.4) is 0 Å². The summed E-state index contributed by atoms with van der Waals surface area (Å²) in [7, 11) is 0. The molecule has 2 heterocycles. The molecule has 1 saturated heterocycles. The van der Waals surface area contributed by atoms with E-state index < -0.39 is 4.92 Å². The van der Waals surface area contributed by atoms with E-state index in [1.165, 1.54) is 51.3 Å². The SMILES string of the molecule is CCC(CCCc1ccc([N+](=O)[O-])nc1)N1CCCCC1. The fraction of sp³-hybridized carbons (Fsp3) is 0.688. The Labute approximate surface area is 126 Å². The van der Waals surface area contributed by atoms with Crippen molar-refractivity contribution in [2.24, 2.45) is 0 Å². The first kappa shape index (κ1) is 15.9. The number of aryl methyl sites for hydroxylation is 1. The zero-order chi connectivity index (χ0) is 15.1. The van der Waals surface area contributed by atoms with E-state index in [1.807, 2.05) is 6.07 Å². The van der Waals surface area contributed by atoms with Crippen molar-refractivity contribution < 1.29 is 4.92 Å². The summed E-state index contributed by atoms with van der Waals surface area (Å²) in [4.78, 5) is 16.6. The third-order valence-electron chi connectivity index (χ3n) is 4.38. The first-order valence-corrected chi connectivity index (χ1v) is 8.04. The number of nitro groups is 1. The topological polar surface area (TPSA) is 59.3 Å². The molecule has 1 unspecified atom stereocenters. The van der Waals surface area contributed by atoms with E-state index in [-0.39, 0.29) is 5.82 Å². The molecule has 5 heteroatoms. The van der Waals surface area contributed by atoms with Gasteiger partial charge in [0.05, 0.1) is 0 Å². The molecule has 116 valence electrons. The molecule has 0 spiro atoms. The summed E-state index contributed by atoms with van der Waals surface area (Å²) in [6.07, 6.45) is 10.2. The molecule has 0 saturated carbocycles. The van der Waals surface area contributed by atoms with Crippen LogP contribution in [-0.4, -0.2) is 33.9 Å². The molecule has 1 atom stereocenters. The lowest BCUT2D eigenvalue weighted by Gasteiger charge is -2.34. The van der Waals surface area contributed by atoms with Crippen molar-refractivity contribution in [2.75, 3.05) is 13.1 Å². The van der Waals surface area contributed by atoms with Gasteiger partial charge in [0.2, 0.25) is 0 Å². The molecule has 2 rings (SSSR count). The van der Waals surface area contributed by atoms with Crippen LogP contribution in [0.5, 0.6) is 0 Å². The Hall–Kier alpha value is -1.49. The Morgan fingerprint density at radius 1 is 1.33 bits per heavy atom. The lowest BCUT2D eigenvalue weighted by atomic mass is 10.0. The number of likely N-dealkylation sites (tertiary alicyclic amines) is 1. The number of hydrogen-bond donors (Lipinski definition) is 0. The van der Waals surface area contributed by atoms with Gasteiger partial charge in [-0.25, -0.2) is 0 Å². The first-order valence-electron chi connectivity index (χ1n) is 8.04. The molecule has 0 aliphatic carbocycles. The molecule has 1 aromatic heterocycles. The lowest BCUT2D eigenvalue weighted by molar-refractivity contribution is -0.389. The zero-order valence-corrected chi connectivity index (χ0v) is 12.8. The van der Waals surface area contributed by atoms with E-state index in [9.17, 15) is 10.1 Å². The zero-order valence-electron chi connectivity index (χ0n) is 12.8. The molecule has 0 aromatic carbocycles. The number of rotatable bonds is 7. The fourth-order valence-corrected chi connectivity index (χ4v) is 3.14. The number of hydrogen-bond acceptors (Lipinski definition) is 4. The van der Waals surface area contributed by atoms with Gasteiger partial charge < -0.3 is 15.0 Å². The van der Waals surface area contributed by atoms with Crippen LogP contribution in [0.1, 0.15) is 51.0 Å². The number of piperidine rings is 1. The maximum atomic E-state index is 10.6. The highest BCUT2D eigenvalue weighted by Gasteiger charge is 2.18. The molecule has 0 radical (unpaired) electrons. The van der Waals surface area contributed by atoms with E-state index >= 15 is 0 Å². The third-order valence-corrected chi connectivity index (χ3v) is 4.38. The maximum absolute atomic E-state index is 10.6. The molecule has 0 N–H and O–H groups in total. The van der Waals surface area contributed by atoms with Gasteiger partial charge in [-0.1, -0.05) is 13.3 Å². The van der Waals surface area contributed by atoms with Crippen LogP contribution in [0.15, 0.2) is 18.3 Å². The summed E-state index contributed by atoms with van der Waals surface area (Å²) >= 11 is 0. The smallest absolute Gasteiger partial charge is 0.358 e. The average molecular weight is 291 g/mol. The van der Waals surface area contributed by atoms with Crippen molar-refractivity contribution in [3.8, 4) is 0 Å². The van der Waals surface area contributed by atoms with Crippen LogP contribution in [-0.2, 0) is 6.42 Å². The van der Waals surface area contributed by atoms with E-state index in [0.29, 0.717) is 6.04 Å². The van der Waals surface area contributed by atoms with E-state index in [1.54, 1.807) is 6.20 Å². The summed E-state index contributed by atoms with van der Waals surface area (Å²) in [5.74, 6) is -0.0708. The Morgan fingerprint density at radius 3 is 2.67 bits per heavy atom. The number of nitrogens with zero attached hydrogens (tertiary/aromatic N) is 3. The summed E-state index contributed by atoms with van der Waals surface area (Å²) in [5, 5.41) is 10.6. The second kappa shape index (κ2) is 8.08. The standard InChI is InChI=1S/C16H25N3O2/c1-2-15(18-11-4-3-5-12-18)8-6-7-14-9-10-16(17-13-14)19(20)21/h9-10,13,15H,2-8,11-12H2,1H3. The van der Waals surface area contributed by atoms with Crippen molar-refractivity contribution in [1.82, 2.24) is 9.88 Å². The maximum Gasteiger partial charge on any atom is 0.363 e. The van der Waals surface area contributed by atoms with Crippen molar-refractivity contribution in [3.63, 3.8) is 0 Å². The second-order valence-electron chi connectivity index (χ2n) is 5.83. The van der Waals surface area contributed by atoms with Gasteiger partial charge in [-0.15, -0.1) is 0 Å². The minimum atomic E-state index is -0.451. The predicted octanol–water partition coefficient (Wildman–Crippen LogP) is 3.58. The van der Waals surface area contributed by atoms with E-state index in [4.69, 9.17) is 0 Å². The minimum Gasteiger partial charge on any atom is -0.358 e. The normalized spacial score (nSPS) is 17.6. The Bertz CT molecular complexity index is 441. The summed E-state index contributed by atoms with van der Waals surface area (Å²) in [5.41, 5.74) is 1.09. The monoisotopic (exact) mass is 291 g/mol. The highest BCUT2D eigenvalue weighted by molar-refractivity contribution is 5.22. The van der Waals surface area contributed by atoms with Gasteiger partial charge in [0.1, 0.15) is 6.20 Å². The highest BCUT2D eigenvalue weighted by Crippen LogP contribution is 2.19. The Kier molecular flexibility index (Phi) is 6.11. The molecule has 5 nitrogen and oxygen atoms in total. The van der Waals surface area contributed by atoms with Gasteiger partial charge in [-0.2, -0.15) is 0 Å². The minimum absolute atomic E-state index is 0.0708. The van der Waals surface area contributed by atoms with Gasteiger partial charge in [0, 0.05) is 12.1 Å². The summed E-state index contributed by atoms with van der Waals surface area (Å²) in [6, 6.07) is 4.01.